The number of rotatable bonds is 7. The number of benzene rings is 2. The summed E-state index contributed by atoms with van der Waals surface area (Å²) in [6, 6.07) is 7.86. The highest BCUT2D eigenvalue weighted by atomic mass is 127. The van der Waals surface area contributed by atoms with E-state index in [1.165, 1.54) is 31.5 Å². The summed E-state index contributed by atoms with van der Waals surface area (Å²) >= 11 is 1.95. The predicted molar refractivity (Wildman–Crippen MR) is 116 cm³/mol. The smallest absolute Gasteiger partial charge is 0.262 e. The van der Waals surface area contributed by atoms with Crippen LogP contribution in [0, 0.1) is 15.3 Å². The summed E-state index contributed by atoms with van der Waals surface area (Å²) in [7, 11) is 1.43. The van der Waals surface area contributed by atoms with Gasteiger partial charge in [0.15, 0.2) is 11.5 Å². The number of hydrazone groups is 1. The summed E-state index contributed by atoms with van der Waals surface area (Å²) in [5, 5.41) is 16.3. The quantitative estimate of drug-likeness (QED) is 0.301. The van der Waals surface area contributed by atoms with Crippen LogP contribution in [0.1, 0.15) is 29.8 Å². The second-order valence-electron chi connectivity index (χ2n) is 6.46. The molecule has 9 heteroatoms. The van der Waals surface area contributed by atoms with Crippen molar-refractivity contribution in [3.05, 3.63) is 56.9 Å². The van der Waals surface area contributed by atoms with E-state index in [0.717, 1.165) is 0 Å². The molecule has 0 fully saturated rings. The second-order valence-corrected chi connectivity index (χ2v) is 7.63. The molecule has 29 heavy (non-hydrogen) atoms. The monoisotopic (exact) mass is 513 g/mol. The van der Waals surface area contributed by atoms with Gasteiger partial charge in [-0.05, 0) is 58.3 Å². The molecule has 2 aromatic rings. The fraction of sp³-hybridized carbons (Fsp3) is 0.250. The van der Waals surface area contributed by atoms with E-state index in [9.17, 15) is 19.1 Å². The highest BCUT2D eigenvalue weighted by molar-refractivity contribution is 14.1. The minimum Gasteiger partial charge on any atom is -0.504 e. The van der Waals surface area contributed by atoms with E-state index in [2.05, 4.69) is 15.8 Å². The van der Waals surface area contributed by atoms with Crippen molar-refractivity contribution < 1.29 is 23.8 Å². The fourth-order valence-corrected chi connectivity index (χ4v) is 3.09. The number of hydrogen-bond donors (Lipinski definition) is 3. The number of phenolic OH excluding ortho intramolecular Hbond substituents is 1. The molecule has 2 aromatic carbocycles. The van der Waals surface area contributed by atoms with E-state index >= 15 is 0 Å². The van der Waals surface area contributed by atoms with Crippen LogP contribution in [0.5, 0.6) is 11.5 Å². The zero-order valence-electron chi connectivity index (χ0n) is 16.1. The summed E-state index contributed by atoms with van der Waals surface area (Å²) in [6.45, 7) is 3.51. The van der Waals surface area contributed by atoms with Gasteiger partial charge >= 0.3 is 0 Å². The zero-order chi connectivity index (χ0) is 21.6. The summed E-state index contributed by atoms with van der Waals surface area (Å²) in [5.74, 6) is -1.84. The third-order valence-electron chi connectivity index (χ3n) is 4.01. The first-order valence-corrected chi connectivity index (χ1v) is 9.77. The summed E-state index contributed by atoms with van der Waals surface area (Å²) in [5.41, 5.74) is 2.83. The van der Waals surface area contributed by atoms with Gasteiger partial charge in [0.1, 0.15) is 11.9 Å². The van der Waals surface area contributed by atoms with Crippen LogP contribution in [-0.4, -0.2) is 36.3 Å². The lowest BCUT2D eigenvalue weighted by Crippen LogP contribution is -2.48. The highest BCUT2D eigenvalue weighted by Crippen LogP contribution is 2.31. The van der Waals surface area contributed by atoms with E-state index < -0.39 is 23.7 Å². The molecule has 0 radical (unpaired) electrons. The minimum atomic E-state index is -0.909. The van der Waals surface area contributed by atoms with E-state index in [0.29, 0.717) is 9.13 Å². The first-order chi connectivity index (χ1) is 13.7. The highest BCUT2D eigenvalue weighted by Gasteiger charge is 2.25. The number of methoxy groups -OCH3 is 1. The largest absolute Gasteiger partial charge is 0.504 e. The van der Waals surface area contributed by atoms with Gasteiger partial charge in [0.25, 0.3) is 11.8 Å². The first kappa shape index (κ1) is 22.6. The Bertz CT molecular complexity index is 934. The van der Waals surface area contributed by atoms with Crippen LogP contribution in [-0.2, 0) is 4.79 Å². The van der Waals surface area contributed by atoms with Gasteiger partial charge in [0.2, 0.25) is 0 Å². The van der Waals surface area contributed by atoms with Crippen molar-refractivity contribution in [2.24, 2.45) is 11.0 Å². The van der Waals surface area contributed by atoms with Crippen molar-refractivity contribution in [2.45, 2.75) is 19.9 Å². The van der Waals surface area contributed by atoms with Crippen LogP contribution in [0.2, 0.25) is 0 Å². The average molecular weight is 513 g/mol. The van der Waals surface area contributed by atoms with Crippen molar-refractivity contribution in [1.82, 2.24) is 10.7 Å². The number of carbonyl (C=O) groups excluding carboxylic acids is 2. The maximum absolute atomic E-state index is 13.8. The lowest BCUT2D eigenvalue weighted by Gasteiger charge is -2.20. The predicted octanol–water partition coefficient (Wildman–Crippen LogP) is 3.05. The van der Waals surface area contributed by atoms with Gasteiger partial charge in [-0.15, -0.1) is 0 Å². The Morgan fingerprint density at radius 2 is 1.97 bits per heavy atom. The lowest BCUT2D eigenvalue weighted by molar-refractivity contribution is -0.123. The molecule has 0 heterocycles. The molecule has 0 saturated carbocycles. The number of ether oxygens (including phenoxy) is 1. The maximum atomic E-state index is 13.8. The number of nitrogens with zero attached hydrogens (tertiary/aromatic N) is 1. The second kappa shape index (κ2) is 10.2. The summed E-state index contributed by atoms with van der Waals surface area (Å²) in [4.78, 5) is 24.8. The van der Waals surface area contributed by atoms with Gasteiger partial charge in [-0.1, -0.05) is 26.0 Å². The van der Waals surface area contributed by atoms with Crippen LogP contribution in [0.3, 0.4) is 0 Å². The Kier molecular flexibility index (Phi) is 7.94. The summed E-state index contributed by atoms with van der Waals surface area (Å²) < 4.78 is 19.4. The molecule has 154 valence electrons. The fourth-order valence-electron chi connectivity index (χ4n) is 2.46. The van der Waals surface area contributed by atoms with Crippen molar-refractivity contribution in [1.29, 1.82) is 0 Å². The van der Waals surface area contributed by atoms with Gasteiger partial charge < -0.3 is 15.2 Å². The van der Waals surface area contributed by atoms with Gasteiger partial charge in [-0.3, -0.25) is 9.59 Å². The molecule has 0 aliphatic rings. The average Bonchev–Trinajstić information content (AvgIpc) is 2.68. The van der Waals surface area contributed by atoms with Crippen molar-refractivity contribution in [2.75, 3.05) is 7.11 Å². The van der Waals surface area contributed by atoms with Crippen LogP contribution in [0.25, 0.3) is 0 Å². The first-order valence-electron chi connectivity index (χ1n) is 8.69. The van der Waals surface area contributed by atoms with Gasteiger partial charge in [-0.25, -0.2) is 9.82 Å². The molecule has 1 unspecified atom stereocenters. The van der Waals surface area contributed by atoms with E-state index in [-0.39, 0.29) is 23.0 Å². The van der Waals surface area contributed by atoms with Crippen molar-refractivity contribution in [3.8, 4) is 11.5 Å². The van der Waals surface area contributed by atoms with Crippen LogP contribution < -0.4 is 15.5 Å². The Morgan fingerprint density at radius 3 is 2.59 bits per heavy atom. The van der Waals surface area contributed by atoms with Gasteiger partial charge in [0, 0.05) is 0 Å². The normalized spacial score (nSPS) is 12.1. The Morgan fingerprint density at radius 1 is 1.28 bits per heavy atom. The standard InChI is InChI=1S/C20H21FIN3O4/c1-11(2)17(24-19(27)13-6-4-5-7-14(13)21)20(28)25-23-10-12-8-15(22)18(26)16(9-12)29-3/h4-11,17,26H,1-3H3,(H,24,27)(H,25,28). The third-order valence-corrected chi connectivity index (χ3v) is 4.84. The number of phenols is 1. The van der Waals surface area contributed by atoms with Gasteiger partial charge in [-0.2, -0.15) is 5.10 Å². The Balaban J connectivity index is 2.08. The van der Waals surface area contributed by atoms with Crippen LogP contribution in [0.4, 0.5) is 4.39 Å². The molecule has 7 nitrogen and oxygen atoms in total. The number of hydrogen-bond acceptors (Lipinski definition) is 5. The number of amides is 2. The zero-order valence-corrected chi connectivity index (χ0v) is 18.2. The maximum Gasteiger partial charge on any atom is 0.262 e. The van der Waals surface area contributed by atoms with E-state index in [4.69, 9.17) is 4.74 Å². The molecular formula is C20H21FIN3O4. The number of halogens is 2. The molecule has 0 spiro atoms. The number of nitrogens with one attached hydrogen (secondary N) is 2. The SMILES string of the molecule is COc1cc(C=NNC(=O)C(NC(=O)c2ccccc2F)C(C)C)cc(I)c1O. The van der Waals surface area contributed by atoms with Crippen LogP contribution in [0.15, 0.2) is 41.5 Å². The molecular weight excluding hydrogens is 492 g/mol. The summed E-state index contributed by atoms with van der Waals surface area (Å²) in [6.07, 6.45) is 1.39. The minimum absolute atomic E-state index is 0.0185. The Labute approximate surface area is 181 Å². The molecule has 0 bridgehead atoms. The number of carbonyl (C=O) groups is 2. The molecule has 2 rings (SSSR count). The van der Waals surface area contributed by atoms with Crippen molar-refractivity contribution >= 4 is 40.6 Å². The number of aromatic hydroxyl groups is 1. The van der Waals surface area contributed by atoms with Gasteiger partial charge in [0.05, 0.1) is 22.5 Å². The van der Waals surface area contributed by atoms with E-state index in [1.54, 1.807) is 32.0 Å². The molecule has 3 N–H and O–H groups in total. The molecule has 0 aromatic heterocycles. The third kappa shape index (κ3) is 5.89. The Hall–Kier alpha value is -2.69. The molecule has 1 atom stereocenters. The van der Waals surface area contributed by atoms with Crippen molar-refractivity contribution in [3.63, 3.8) is 0 Å². The van der Waals surface area contributed by atoms with Crippen LogP contribution >= 0.6 is 22.6 Å². The molecule has 0 aliphatic carbocycles. The topological polar surface area (TPSA) is 100 Å². The molecule has 0 saturated heterocycles. The molecule has 0 aliphatic heterocycles. The van der Waals surface area contributed by atoms with E-state index in [1.807, 2.05) is 22.6 Å². The lowest BCUT2D eigenvalue weighted by atomic mass is 10.0. The molecule has 2 amide bonds.